The lowest BCUT2D eigenvalue weighted by Gasteiger charge is -2.09. The molecule has 1 heterocycles. The third kappa shape index (κ3) is 4.68. The van der Waals surface area contributed by atoms with E-state index in [1.165, 1.54) is 0 Å². The van der Waals surface area contributed by atoms with Crippen LogP contribution in [0.15, 0.2) is 58.8 Å². The summed E-state index contributed by atoms with van der Waals surface area (Å²) < 4.78 is 1.77. The van der Waals surface area contributed by atoms with Crippen LogP contribution in [0.25, 0.3) is 10.9 Å². The minimum Gasteiger partial charge on any atom is -0.493 e. The average Bonchev–Trinajstić information content (AvgIpc) is 2.95. The lowest BCUT2D eigenvalue weighted by atomic mass is 10.1. The number of carbonyl (C=O) groups is 2. The van der Waals surface area contributed by atoms with Crippen LogP contribution in [-0.2, 0) is 11.3 Å². The molecule has 0 fully saturated rings. The molecule has 0 unspecified atom stereocenters. The molecule has 2 N–H and O–H groups in total. The van der Waals surface area contributed by atoms with Crippen molar-refractivity contribution in [3.05, 3.63) is 59.7 Å². The molecule has 0 aliphatic carbocycles. The standard InChI is InChI=1S/C22H24N4O3/c1-14(2)13-26-18-10-9-15(3)11-17(18)20(22(26)29)25-24-19(27)12-23-21(28)16-7-5-4-6-8-16/h4-11,14,29H,12-13H2,1-3H3,(H,23,28). The Morgan fingerprint density at radius 2 is 1.86 bits per heavy atom. The van der Waals surface area contributed by atoms with Gasteiger partial charge in [-0.15, -0.1) is 10.2 Å². The molecular weight excluding hydrogens is 368 g/mol. The van der Waals surface area contributed by atoms with Gasteiger partial charge in [-0.05, 0) is 37.1 Å². The molecule has 0 aliphatic heterocycles. The highest BCUT2D eigenvalue weighted by Gasteiger charge is 2.18. The maximum atomic E-state index is 12.1. The number of carbonyl (C=O) groups excluding carboxylic acids is 2. The van der Waals surface area contributed by atoms with Crippen molar-refractivity contribution in [2.45, 2.75) is 27.3 Å². The highest BCUT2D eigenvalue weighted by atomic mass is 16.3. The van der Waals surface area contributed by atoms with Crippen LogP contribution in [0, 0.1) is 12.8 Å². The third-order valence-electron chi connectivity index (χ3n) is 4.41. The lowest BCUT2D eigenvalue weighted by molar-refractivity contribution is -0.117. The first-order chi connectivity index (χ1) is 13.9. The summed E-state index contributed by atoms with van der Waals surface area (Å²) in [5.74, 6) is -0.672. The average molecular weight is 392 g/mol. The third-order valence-corrected chi connectivity index (χ3v) is 4.41. The van der Waals surface area contributed by atoms with Gasteiger partial charge in [0.1, 0.15) is 6.54 Å². The molecular formula is C22H24N4O3. The first-order valence-electron chi connectivity index (χ1n) is 9.46. The summed E-state index contributed by atoms with van der Waals surface area (Å²) in [5, 5.41) is 21.6. The summed E-state index contributed by atoms with van der Waals surface area (Å²) in [4.78, 5) is 24.1. The molecule has 1 aromatic heterocycles. The topological polar surface area (TPSA) is 96.1 Å². The highest BCUT2D eigenvalue weighted by Crippen LogP contribution is 2.39. The van der Waals surface area contributed by atoms with E-state index in [2.05, 4.69) is 29.4 Å². The van der Waals surface area contributed by atoms with E-state index in [1.807, 2.05) is 25.1 Å². The minimum atomic E-state index is -0.605. The van der Waals surface area contributed by atoms with Crippen LogP contribution in [0.4, 0.5) is 5.69 Å². The molecule has 3 rings (SSSR count). The Morgan fingerprint density at radius 1 is 1.14 bits per heavy atom. The fourth-order valence-corrected chi connectivity index (χ4v) is 3.07. The second-order valence-electron chi connectivity index (χ2n) is 7.34. The summed E-state index contributed by atoms with van der Waals surface area (Å²) in [6.45, 7) is 6.39. The van der Waals surface area contributed by atoms with Crippen LogP contribution in [0.5, 0.6) is 5.88 Å². The zero-order valence-electron chi connectivity index (χ0n) is 16.7. The van der Waals surface area contributed by atoms with E-state index in [9.17, 15) is 14.7 Å². The Hall–Kier alpha value is -3.48. The molecule has 0 aliphatic rings. The van der Waals surface area contributed by atoms with E-state index in [4.69, 9.17) is 0 Å². The van der Waals surface area contributed by atoms with Gasteiger partial charge in [-0.3, -0.25) is 9.59 Å². The molecule has 2 aromatic carbocycles. The number of aromatic hydroxyl groups is 1. The number of nitrogens with zero attached hydrogens (tertiary/aromatic N) is 3. The fraction of sp³-hybridized carbons (Fsp3) is 0.273. The van der Waals surface area contributed by atoms with Crippen molar-refractivity contribution in [1.82, 2.24) is 9.88 Å². The van der Waals surface area contributed by atoms with Gasteiger partial charge in [0.05, 0.1) is 5.52 Å². The number of fused-ring (bicyclic) bond motifs is 1. The van der Waals surface area contributed by atoms with Gasteiger partial charge in [-0.1, -0.05) is 43.7 Å². The van der Waals surface area contributed by atoms with Crippen LogP contribution < -0.4 is 5.32 Å². The van der Waals surface area contributed by atoms with Gasteiger partial charge in [0.25, 0.3) is 11.8 Å². The highest BCUT2D eigenvalue weighted by molar-refractivity contribution is 5.97. The molecule has 0 spiro atoms. The summed E-state index contributed by atoms with van der Waals surface area (Å²) in [6.07, 6.45) is 0. The van der Waals surface area contributed by atoms with Crippen LogP contribution in [-0.4, -0.2) is 28.0 Å². The van der Waals surface area contributed by atoms with Gasteiger partial charge in [0, 0.05) is 17.5 Å². The van der Waals surface area contributed by atoms with Gasteiger partial charge in [0.2, 0.25) is 5.88 Å². The van der Waals surface area contributed by atoms with E-state index in [1.54, 1.807) is 34.9 Å². The van der Waals surface area contributed by atoms with Crippen LogP contribution in [0.3, 0.4) is 0 Å². The molecule has 29 heavy (non-hydrogen) atoms. The summed E-state index contributed by atoms with van der Waals surface area (Å²) >= 11 is 0. The normalized spacial score (nSPS) is 11.4. The predicted molar refractivity (Wildman–Crippen MR) is 111 cm³/mol. The molecule has 3 aromatic rings. The SMILES string of the molecule is Cc1ccc2c(c1)c(N=NC(=O)CNC(=O)c1ccccc1)c(O)n2CC(C)C. The second-order valence-corrected chi connectivity index (χ2v) is 7.34. The Labute approximate surface area is 169 Å². The van der Waals surface area contributed by atoms with E-state index in [0.29, 0.717) is 18.0 Å². The molecule has 150 valence electrons. The number of aryl methyl sites for hydroxylation is 1. The molecule has 0 radical (unpaired) electrons. The smallest absolute Gasteiger partial charge is 0.283 e. The molecule has 0 saturated carbocycles. The van der Waals surface area contributed by atoms with Gasteiger partial charge < -0.3 is 15.0 Å². The zero-order valence-corrected chi connectivity index (χ0v) is 16.7. The zero-order chi connectivity index (χ0) is 21.0. The van der Waals surface area contributed by atoms with Crippen LogP contribution in [0.2, 0.25) is 0 Å². The van der Waals surface area contributed by atoms with Crippen molar-refractivity contribution in [2.75, 3.05) is 6.54 Å². The number of rotatable bonds is 6. The molecule has 7 nitrogen and oxygen atoms in total. The van der Waals surface area contributed by atoms with Crippen molar-refractivity contribution >= 4 is 28.4 Å². The van der Waals surface area contributed by atoms with Crippen molar-refractivity contribution in [1.29, 1.82) is 0 Å². The van der Waals surface area contributed by atoms with Gasteiger partial charge in [-0.25, -0.2) is 0 Å². The van der Waals surface area contributed by atoms with Crippen molar-refractivity contribution in [3.63, 3.8) is 0 Å². The van der Waals surface area contributed by atoms with Crippen molar-refractivity contribution < 1.29 is 14.7 Å². The van der Waals surface area contributed by atoms with E-state index in [-0.39, 0.29) is 24.0 Å². The Bertz CT molecular complexity index is 1070. The number of amides is 2. The Kier molecular flexibility index (Phi) is 6.07. The Balaban J connectivity index is 1.79. The minimum absolute atomic E-state index is 0.0239. The summed E-state index contributed by atoms with van der Waals surface area (Å²) in [6, 6.07) is 14.4. The Morgan fingerprint density at radius 3 is 2.55 bits per heavy atom. The van der Waals surface area contributed by atoms with Crippen LogP contribution in [0.1, 0.15) is 29.8 Å². The van der Waals surface area contributed by atoms with Gasteiger partial charge >= 0.3 is 0 Å². The van der Waals surface area contributed by atoms with Gasteiger partial charge in [-0.2, -0.15) is 0 Å². The first-order valence-corrected chi connectivity index (χ1v) is 9.46. The molecule has 0 bridgehead atoms. The maximum absolute atomic E-state index is 12.1. The fourth-order valence-electron chi connectivity index (χ4n) is 3.07. The molecule has 2 amide bonds. The quantitative estimate of drug-likeness (QED) is 0.610. The second kappa shape index (κ2) is 8.68. The van der Waals surface area contributed by atoms with Crippen molar-refractivity contribution in [3.8, 4) is 5.88 Å². The maximum Gasteiger partial charge on any atom is 0.283 e. The monoisotopic (exact) mass is 392 g/mol. The van der Waals surface area contributed by atoms with E-state index >= 15 is 0 Å². The largest absolute Gasteiger partial charge is 0.493 e. The number of hydrogen-bond acceptors (Lipinski definition) is 4. The number of azo groups is 1. The number of benzene rings is 2. The van der Waals surface area contributed by atoms with Crippen LogP contribution >= 0.6 is 0 Å². The number of aromatic nitrogens is 1. The van der Waals surface area contributed by atoms with E-state index in [0.717, 1.165) is 16.5 Å². The van der Waals surface area contributed by atoms with E-state index < -0.39 is 5.91 Å². The first kappa shape index (κ1) is 20.3. The number of nitrogens with one attached hydrogen (secondary N) is 1. The molecule has 7 heteroatoms. The molecule has 0 atom stereocenters. The summed E-state index contributed by atoms with van der Waals surface area (Å²) in [7, 11) is 0. The molecule has 0 saturated heterocycles. The van der Waals surface area contributed by atoms with Gasteiger partial charge in [0.15, 0.2) is 5.69 Å². The van der Waals surface area contributed by atoms with Crippen molar-refractivity contribution in [2.24, 2.45) is 16.1 Å². The number of hydrogen-bond donors (Lipinski definition) is 2. The predicted octanol–water partition coefficient (Wildman–Crippen LogP) is 4.35. The summed E-state index contributed by atoms with van der Waals surface area (Å²) in [5.41, 5.74) is 2.56. The lowest BCUT2D eigenvalue weighted by Crippen LogP contribution is -2.28.